The predicted molar refractivity (Wildman–Crippen MR) is 163 cm³/mol. The lowest BCUT2D eigenvalue weighted by molar-refractivity contribution is -0.139. The predicted octanol–water partition coefficient (Wildman–Crippen LogP) is 5.92. The van der Waals surface area contributed by atoms with Gasteiger partial charge in [-0.1, -0.05) is 66.5 Å². The number of ether oxygens (including phenoxy) is 1. The molecule has 0 heterocycles. The van der Waals surface area contributed by atoms with E-state index in [0.29, 0.717) is 34.4 Å². The summed E-state index contributed by atoms with van der Waals surface area (Å²) in [6.07, 6.45) is 0.705. The van der Waals surface area contributed by atoms with Gasteiger partial charge in [0.15, 0.2) is 0 Å². The fraction of sp³-hybridized carbons (Fsp3) is 0.333. The molecule has 1 N–H and O–H groups in total. The van der Waals surface area contributed by atoms with Crippen LogP contribution < -0.4 is 14.4 Å². The van der Waals surface area contributed by atoms with Crippen molar-refractivity contribution in [1.82, 2.24) is 10.2 Å². The normalized spacial score (nSPS) is 12.7. The molecule has 0 radical (unpaired) electrons. The Balaban J connectivity index is 2.08. The number of sulfonamides is 1. The van der Waals surface area contributed by atoms with E-state index in [1.807, 2.05) is 13.8 Å². The molecule has 0 bridgehead atoms. The first-order valence-corrected chi connectivity index (χ1v) is 15.5. The number of nitrogens with zero attached hydrogens (tertiary/aromatic N) is 2. The summed E-state index contributed by atoms with van der Waals surface area (Å²) in [7, 11) is -4.21. The molecule has 220 valence electrons. The van der Waals surface area contributed by atoms with Crippen LogP contribution in [0.1, 0.15) is 39.7 Å². The van der Waals surface area contributed by atoms with Gasteiger partial charge in [-0.25, -0.2) is 8.42 Å². The Morgan fingerprint density at radius 1 is 0.927 bits per heavy atom. The van der Waals surface area contributed by atoms with E-state index in [2.05, 4.69) is 5.32 Å². The van der Waals surface area contributed by atoms with Crippen LogP contribution in [0.3, 0.4) is 0 Å². The van der Waals surface area contributed by atoms with Crippen molar-refractivity contribution in [1.29, 1.82) is 0 Å². The molecule has 3 aromatic rings. The van der Waals surface area contributed by atoms with Crippen LogP contribution in [0.4, 0.5) is 5.69 Å². The zero-order chi connectivity index (χ0) is 30.2. The van der Waals surface area contributed by atoms with Gasteiger partial charge >= 0.3 is 0 Å². The van der Waals surface area contributed by atoms with Gasteiger partial charge in [0.05, 0.1) is 27.2 Å². The van der Waals surface area contributed by atoms with Crippen molar-refractivity contribution in [3.63, 3.8) is 0 Å². The summed E-state index contributed by atoms with van der Waals surface area (Å²) in [5.41, 5.74) is 0.834. The third kappa shape index (κ3) is 8.15. The Morgan fingerprint density at radius 3 is 2.22 bits per heavy atom. The highest BCUT2D eigenvalue weighted by molar-refractivity contribution is 7.92. The smallest absolute Gasteiger partial charge is 0.264 e. The summed E-state index contributed by atoms with van der Waals surface area (Å²) < 4.78 is 34.7. The van der Waals surface area contributed by atoms with Crippen LogP contribution in [-0.4, -0.2) is 50.4 Å². The summed E-state index contributed by atoms with van der Waals surface area (Å²) in [6, 6.07) is 18.4. The highest BCUT2D eigenvalue weighted by Gasteiger charge is 2.34. The standard InChI is InChI=1S/C30H35Cl2N3O5S/c1-5-21(3)33-30(37)22(4)34(19-23-16-17-25(31)26(32)18-23)29(36)20-35(27-14-10-11-15-28(27)40-6-2)41(38,39)24-12-8-7-9-13-24/h7-18,21-22H,5-6,19-20H2,1-4H3,(H,33,37). The molecule has 2 unspecified atom stereocenters. The molecule has 41 heavy (non-hydrogen) atoms. The van der Waals surface area contributed by atoms with Crippen molar-refractivity contribution >= 4 is 50.7 Å². The first kappa shape index (κ1) is 32.2. The number of anilines is 1. The third-order valence-corrected chi connectivity index (χ3v) is 9.06. The monoisotopic (exact) mass is 619 g/mol. The Bertz CT molecular complexity index is 1450. The van der Waals surface area contributed by atoms with Crippen molar-refractivity contribution in [3.05, 3.63) is 88.4 Å². The van der Waals surface area contributed by atoms with Gasteiger partial charge in [-0.15, -0.1) is 0 Å². The SMILES string of the molecule is CCOc1ccccc1N(CC(=O)N(Cc1ccc(Cl)c(Cl)c1)C(C)C(=O)NC(C)CC)S(=O)(=O)c1ccccc1. The van der Waals surface area contributed by atoms with Crippen molar-refractivity contribution in [2.75, 3.05) is 17.5 Å². The van der Waals surface area contributed by atoms with Crippen molar-refractivity contribution in [2.24, 2.45) is 0 Å². The fourth-order valence-corrected chi connectivity index (χ4v) is 5.82. The van der Waals surface area contributed by atoms with E-state index >= 15 is 0 Å². The van der Waals surface area contributed by atoms with Gasteiger partial charge in [-0.05, 0) is 69.2 Å². The number of benzene rings is 3. The van der Waals surface area contributed by atoms with E-state index in [9.17, 15) is 18.0 Å². The number of rotatable bonds is 13. The van der Waals surface area contributed by atoms with Gasteiger partial charge in [-0.2, -0.15) is 0 Å². The average Bonchev–Trinajstić information content (AvgIpc) is 2.96. The van der Waals surface area contributed by atoms with Crippen LogP contribution in [0.2, 0.25) is 10.0 Å². The first-order chi connectivity index (χ1) is 19.5. The lowest BCUT2D eigenvalue weighted by atomic mass is 10.1. The summed E-state index contributed by atoms with van der Waals surface area (Å²) in [5.74, 6) is -0.644. The number of amides is 2. The van der Waals surface area contributed by atoms with E-state index in [0.717, 1.165) is 4.31 Å². The van der Waals surface area contributed by atoms with Crippen LogP contribution >= 0.6 is 23.2 Å². The molecule has 0 fully saturated rings. The Morgan fingerprint density at radius 2 is 1.59 bits per heavy atom. The second kappa shape index (κ2) is 14.6. The molecule has 0 spiro atoms. The molecule has 0 saturated carbocycles. The van der Waals surface area contributed by atoms with Crippen LogP contribution in [0.25, 0.3) is 0 Å². The van der Waals surface area contributed by atoms with E-state index in [1.165, 1.54) is 17.0 Å². The topological polar surface area (TPSA) is 96.0 Å². The van der Waals surface area contributed by atoms with Crippen molar-refractivity contribution in [2.45, 2.75) is 57.6 Å². The number of hydrogen-bond acceptors (Lipinski definition) is 5. The second-order valence-corrected chi connectivity index (χ2v) is 12.2. The molecule has 11 heteroatoms. The van der Waals surface area contributed by atoms with Crippen LogP contribution in [0, 0.1) is 0 Å². The number of para-hydroxylation sites is 2. The van der Waals surface area contributed by atoms with Gasteiger partial charge in [-0.3, -0.25) is 13.9 Å². The quantitative estimate of drug-likeness (QED) is 0.256. The van der Waals surface area contributed by atoms with Crippen LogP contribution in [0.5, 0.6) is 5.75 Å². The zero-order valence-corrected chi connectivity index (χ0v) is 25.8. The van der Waals surface area contributed by atoms with Crippen LogP contribution in [0.15, 0.2) is 77.7 Å². The Labute approximate surface area is 252 Å². The molecule has 0 aliphatic rings. The lowest BCUT2D eigenvalue weighted by Crippen LogP contribution is -2.52. The second-order valence-electron chi connectivity index (χ2n) is 9.49. The summed E-state index contributed by atoms with van der Waals surface area (Å²) >= 11 is 12.3. The molecule has 0 aromatic heterocycles. The Hall–Kier alpha value is -3.27. The van der Waals surface area contributed by atoms with Crippen LogP contribution in [-0.2, 0) is 26.2 Å². The lowest BCUT2D eigenvalue weighted by Gasteiger charge is -2.33. The minimum absolute atomic E-state index is 0.00283. The van der Waals surface area contributed by atoms with E-state index in [1.54, 1.807) is 74.5 Å². The maximum absolute atomic E-state index is 14.1. The number of nitrogens with one attached hydrogen (secondary N) is 1. The maximum Gasteiger partial charge on any atom is 0.264 e. The van der Waals surface area contributed by atoms with Gasteiger partial charge in [0, 0.05) is 12.6 Å². The maximum atomic E-state index is 14.1. The highest BCUT2D eigenvalue weighted by Crippen LogP contribution is 2.33. The van der Waals surface area contributed by atoms with Crippen molar-refractivity contribution in [3.8, 4) is 5.75 Å². The summed E-state index contributed by atoms with van der Waals surface area (Å²) in [4.78, 5) is 28.6. The van der Waals surface area contributed by atoms with E-state index < -0.39 is 28.5 Å². The minimum Gasteiger partial charge on any atom is -0.492 e. The fourth-order valence-electron chi connectivity index (χ4n) is 4.06. The number of carbonyl (C=O) groups excluding carboxylic acids is 2. The third-order valence-electron chi connectivity index (χ3n) is 6.55. The molecule has 3 aromatic carbocycles. The molecule has 2 amide bonds. The Kier molecular flexibility index (Phi) is 11.5. The van der Waals surface area contributed by atoms with E-state index in [4.69, 9.17) is 27.9 Å². The molecule has 0 aliphatic carbocycles. The molecule has 3 rings (SSSR count). The molecule has 8 nitrogen and oxygen atoms in total. The highest BCUT2D eigenvalue weighted by atomic mass is 35.5. The molecule has 2 atom stereocenters. The summed E-state index contributed by atoms with van der Waals surface area (Å²) in [6.45, 7) is 6.91. The number of hydrogen-bond donors (Lipinski definition) is 1. The van der Waals surface area contributed by atoms with Gasteiger partial charge < -0.3 is 15.0 Å². The van der Waals surface area contributed by atoms with Crippen molar-refractivity contribution < 1.29 is 22.7 Å². The van der Waals surface area contributed by atoms with Gasteiger partial charge in [0.25, 0.3) is 10.0 Å². The average molecular weight is 621 g/mol. The molecular formula is C30H35Cl2N3O5S. The molecule has 0 aliphatic heterocycles. The summed E-state index contributed by atoms with van der Waals surface area (Å²) in [5, 5.41) is 3.55. The molecular weight excluding hydrogens is 585 g/mol. The minimum atomic E-state index is -4.21. The number of carbonyl (C=O) groups is 2. The largest absolute Gasteiger partial charge is 0.492 e. The first-order valence-electron chi connectivity index (χ1n) is 13.3. The van der Waals surface area contributed by atoms with E-state index in [-0.39, 0.29) is 29.1 Å². The van der Waals surface area contributed by atoms with Gasteiger partial charge in [0.2, 0.25) is 11.8 Å². The molecule has 0 saturated heterocycles. The van der Waals surface area contributed by atoms with Gasteiger partial charge in [0.1, 0.15) is 18.3 Å². The zero-order valence-electron chi connectivity index (χ0n) is 23.5. The number of halogens is 2.